The molecule has 0 amide bonds. The van der Waals surface area contributed by atoms with Gasteiger partial charge >= 0.3 is 0 Å². The fourth-order valence-corrected chi connectivity index (χ4v) is 2.19. The van der Waals surface area contributed by atoms with Crippen molar-refractivity contribution in [1.29, 1.82) is 0 Å². The third kappa shape index (κ3) is 5.17. The molecule has 0 aliphatic rings. The number of halogens is 1. The molecule has 2 aromatic rings. The zero-order chi connectivity index (χ0) is 16.7. The molecule has 124 valence electrons. The van der Waals surface area contributed by atoms with Crippen LogP contribution in [0, 0.1) is 0 Å². The molecule has 7 heteroatoms. The van der Waals surface area contributed by atoms with Crippen molar-refractivity contribution in [3.63, 3.8) is 0 Å². The molecule has 0 fully saturated rings. The molecule has 1 aromatic carbocycles. The molecule has 23 heavy (non-hydrogen) atoms. The lowest BCUT2D eigenvalue weighted by molar-refractivity contribution is 0.281. The van der Waals surface area contributed by atoms with Crippen molar-refractivity contribution < 1.29 is 4.74 Å². The van der Waals surface area contributed by atoms with E-state index in [1.807, 2.05) is 54.0 Å². The van der Waals surface area contributed by atoms with Crippen molar-refractivity contribution in [3.05, 3.63) is 47.2 Å². The average molecular weight is 336 g/mol. The largest absolute Gasteiger partial charge is 0.492 e. The van der Waals surface area contributed by atoms with Crippen molar-refractivity contribution in [3.8, 4) is 5.75 Å². The van der Waals surface area contributed by atoms with E-state index < -0.39 is 0 Å². The molecule has 0 saturated carbocycles. The van der Waals surface area contributed by atoms with E-state index in [1.54, 1.807) is 13.2 Å². The van der Waals surface area contributed by atoms with Crippen LogP contribution < -0.4 is 10.1 Å². The number of ether oxygens (including phenoxy) is 1. The number of nitrogens with one attached hydrogen (secondary N) is 1. The summed E-state index contributed by atoms with van der Waals surface area (Å²) in [5.74, 6) is 1.62. The van der Waals surface area contributed by atoms with E-state index in [0.29, 0.717) is 24.7 Å². The summed E-state index contributed by atoms with van der Waals surface area (Å²) >= 11 is 5.85. The van der Waals surface area contributed by atoms with Crippen LogP contribution in [-0.2, 0) is 13.6 Å². The summed E-state index contributed by atoms with van der Waals surface area (Å²) in [6.07, 6.45) is 1.78. The number of benzene rings is 1. The van der Waals surface area contributed by atoms with Gasteiger partial charge in [-0.2, -0.15) is 5.10 Å². The molecule has 1 aromatic heterocycles. The second kappa shape index (κ2) is 8.43. The first-order chi connectivity index (χ1) is 11.1. The van der Waals surface area contributed by atoms with Crippen molar-refractivity contribution >= 4 is 17.6 Å². The molecule has 6 nitrogen and oxygen atoms in total. The highest BCUT2D eigenvalue weighted by atomic mass is 35.5. The van der Waals surface area contributed by atoms with Crippen LogP contribution in [-0.4, -0.2) is 47.9 Å². The fraction of sp³-hybridized carbons (Fsp3) is 0.375. The number of hydrogen-bond donors (Lipinski definition) is 1. The van der Waals surface area contributed by atoms with Crippen LogP contribution in [0.1, 0.15) is 5.69 Å². The molecule has 2 rings (SSSR count). The molecule has 0 atom stereocenters. The summed E-state index contributed by atoms with van der Waals surface area (Å²) in [5, 5.41) is 8.16. The molecule has 0 unspecified atom stereocenters. The van der Waals surface area contributed by atoms with Gasteiger partial charge in [0.1, 0.15) is 12.4 Å². The number of hydrogen-bond acceptors (Lipinski definition) is 3. The van der Waals surface area contributed by atoms with Gasteiger partial charge in [-0.1, -0.05) is 11.6 Å². The third-order valence-electron chi connectivity index (χ3n) is 3.43. The van der Waals surface area contributed by atoms with Crippen LogP contribution in [0.25, 0.3) is 0 Å². The van der Waals surface area contributed by atoms with E-state index in [0.717, 1.165) is 17.4 Å². The molecule has 0 aliphatic heterocycles. The van der Waals surface area contributed by atoms with Gasteiger partial charge in [-0.15, -0.1) is 0 Å². The summed E-state index contributed by atoms with van der Waals surface area (Å²) in [4.78, 5) is 6.30. The first-order valence-electron chi connectivity index (χ1n) is 7.37. The summed E-state index contributed by atoms with van der Waals surface area (Å²) in [6, 6.07) is 9.32. The Morgan fingerprint density at radius 3 is 2.70 bits per heavy atom. The second-order valence-electron chi connectivity index (χ2n) is 5.07. The molecule has 0 aliphatic carbocycles. The van der Waals surface area contributed by atoms with Gasteiger partial charge in [-0.05, 0) is 30.3 Å². The predicted molar refractivity (Wildman–Crippen MR) is 93.0 cm³/mol. The minimum absolute atomic E-state index is 0.560. The van der Waals surface area contributed by atoms with Gasteiger partial charge in [0.2, 0.25) is 0 Å². The van der Waals surface area contributed by atoms with Crippen molar-refractivity contribution in [1.82, 2.24) is 20.0 Å². The Morgan fingerprint density at radius 1 is 1.35 bits per heavy atom. The van der Waals surface area contributed by atoms with E-state index >= 15 is 0 Å². The second-order valence-corrected chi connectivity index (χ2v) is 5.51. The number of aliphatic imine (C=N–C) groups is 1. The Hall–Kier alpha value is -2.21. The molecule has 0 spiro atoms. The maximum Gasteiger partial charge on any atom is 0.193 e. The number of likely N-dealkylation sites (N-methyl/N-ethyl adjacent to an activating group) is 1. The molecular weight excluding hydrogens is 314 g/mol. The number of aromatic nitrogens is 2. The van der Waals surface area contributed by atoms with Gasteiger partial charge in [0, 0.05) is 32.4 Å². The topological polar surface area (TPSA) is 54.7 Å². The van der Waals surface area contributed by atoms with Crippen LogP contribution in [0.5, 0.6) is 5.75 Å². The van der Waals surface area contributed by atoms with Gasteiger partial charge in [0.25, 0.3) is 0 Å². The number of guanidine groups is 1. The lowest BCUT2D eigenvalue weighted by Crippen LogP contribution is -2.40. The van der Waals surface area contributed by atoms with Crippen LogP contribution in [0.15, 0.2) is 41.5 Å². The summed E-state index contributed by atoms with van der Waals surface area (Å²) < 4.78 is 7.54. The molecule has 0 bridgehead atoms. The van der Waals surface area contributed by atoms with Gasteiger partial charge in [-0.25, -0.2) is 0 Å². The zero-order valence-corrected chi connectivity index (χ0v) is 14.4. The normalized spacial score (nSPS) is 11.4. The standard InChI is InChI=1S/C16H22ClN5O/c1-18-16(19-12-14-8-9-20-22(14)3)21(2)10-11-23-15-6-4-13(17)5-7-15/h4-9H,10-12H2,1-3H3,(H,18,19). The highest BCUT2D eigenvalue weighted by molar-refractivity contribution is 6.30. The number of rotatable bonds is 6. The van der Waals surface area contributed by atoms with Crippen LogP contribution in [0.3, 0.4) is 0 Å². The summed E-state index contributed by atoms with van der Waals surface area (Å²) in [7, 11) is 5.66. The Kier molecular flexibility index (Phi) is 6.29. The monoisotopic (exact) mass is 335 g/mol. The molecule has 1 heterocycles. The van der Waals surface area contributed by atoms with E-state index in [4.69, 9.17) is 16.3 Å². The lowest BCUT2D eigenvalue weighted by Gasteiger charge is -2.22. The first kappa shape index (κ1) is 17.1. The first-order valence-corrected chi connectivity index (χ1v) is 7.75. The third-order valence-corrected chi connectivity index (χ3v) is 3.68. The van der Waals surface area contributed by atoms with Crippen LogP contribution >= 0.6 is 11.6 Å². The Bertz CT molecular complexity index is 638. The minimum Gasteiger partial charge on any atom is -0.492 e. The Labute approximate surface area is 141 Å². The SMILES string of the molecule is CN=C(NCc1ccnn1C)N(C)CCOc1ccc(Cl)cc1. The number of nitrogens with zero attached hydrogens (tertiary/aromatic N) is 4. The van der Waals surface area contributed by atoms with Gasteiger partial charge in [-0.3, -0.25) is 9.67 Å². The molecular formula is C16H22ClN5O. The highest BCUT2D eigenvalue weighted by Crippen LogP contribution is 2.15. The van der Waals surface area contributed by atoms with Crippen molar-refractivity contribution in [2.24, 2.45) is 12.0 Å². The molecule has 0 radical (unpaired) electrons. The zero-order valence-electron chi connectivity index (χ0n) is 13.7. The van der Waals surface area contributed by atoms with E-state index in [2.05, 4.69) is 15.4 Å². The van der Waals surface area contributed by atoms with Gasteiger partial charge < -0.3 is 15.0 Å². The lowest BCUT2D eigenvalue weighted by atomic mass is 10.3. The van der Waals surface area contributed by atoms with Gasteiger partial charge in [0.15, 0.2) is 5.96 Å². The average Bonchev–Trinajstić information content (AvgIpc) is 2.95. The van der Waals surface area contributed by atoms with Crippen LogP contribution in [0.2, 0.25) is 5.02 Å². The maximum absolute atomic E-state index is 5.85. The van der Waals surface area contributed by atoms with Crippen molar-refractivity contribution in [2.45, 2.75) is 6.54 Å². The summed E-state index contributed by atoms with van der Waals surface area (Å²) in [5.41, 5.74) is 1.09. The van der Waals surface area contributed by atoms with Crippen molar-refractivity contribution in [2.75, 3.05) is 27.2 Å². The van der Waals surface area contributed by atoms with E-state index in [-0.39, 0.29) is 0 Å². The quantitative estimate of drug-likeness (QED) is 0.649. The van der Waals surface area contributed by atoms with Gasteiger partial charge in [0.05, 0.1) is 18.8 Å². The minimum atomic E-state index is 0.560. The highest BCUT2D eigenvalue weighted by Gasteiger charge is 2.07. The maximum atomic E-state index is 5.85. The number of aryl methyl sites for hydroxylation is 1. The predicted octanol–water partition coefficient (Wildman–Crippen LogP) is 2.16. The molecule has 0 saturated heterocycles. The van der Waals surface area contributed by atoms with E-state index in [9.17, 15) is 0 Å². The fourth-order valence-electron chi connectivity index (χ4n) is 2.07. The van der Waals surface area contributed by atoms with E-state index in [1.165, 1.54) is 0 Å². The summed E-state index contributed by atoms with van der Waals surface area (Å²) in [6.45, 7) is 1.95. The van der Waals surface area contributed by atoms with Crippen LogP contribution in [0.4, 0.5) is 0 Å². The Balaban J connectivity index is 1.77. The molecule has 1 N–H and O–H groups in total. The smallest absolute Gasteiger partial charge is 0.193 e. The Morgan fingerprint density at radius 2 is 2.09 bits per heavy atom.